The van der Waals surface area contributed by atoms with Crippen molar-refractivity contribution in [3.8, 4) is 11.5 Å². The molecular formula is C35H47NO4. The van der Waals surface area contributed by atoms with Gasteiger partial charge in [0.15, 0.2) is 0 Å². The minimum absolute atomic E-state index is 0.0465. The van der Waals surface area contributed by atoms with Crippen molar-refractivity contribution < 1.29 is 19.4 Å². The molecule has 4 rings (SSSR count). The van der Waals surface area contributed by atoms with Crippen molar-refractivity contribution >= 4 is 23.8 Å². The van der Waals surface area contributed by atoms with Gasteiger partial charge in [0.1, 0.15) is 18.1 Å². The second-order valence-corrected chi connectivity index (χ2v) is 9.88. The molecule has 0 amide bonds. The number of carbonyl (C=O) groups excluding carboxylic acids is 1. The topological polar surface area (TPSA) is 59.0 Å². The van der Waals surface area contributed by atoms with Gasteiger partial charge in [0.2, 0.25) is 0 Å². The molecule has 5 heteroatoms. The van der Waals surface area contributed by atoms with E-state index in [4.69, 9.17) is 14.6 Å². The molecule has 0 saturated heterocycles. The minimum Gasteiger partial charge on any atom is -0.460 e. The summed E-state index contributed by atoms with van der Waals surface area (Å²) < 4.78 is 11.7. The predicted molar refractivity (Wildman–Crippen MR) is 168 cm³/mol. The second kappa shape index (κ2) is 15.9. The Balaban J connectivity index is 0.000000858. The summed E-state index contributed by atoms with van der Waals surface area (Å²) in [6, 6.07) is 15.7. The summed E-state index contributed by atoms with van der Waals surface area (Å²) in [5.74, 6) is 0.997. The van der Waals surface area contributed by atoms with Crippen LogP contribution < -0.4 is 20.1 Å². The van der Waals surface area contributed by atoms with Gasteiger partial charge in [-0.25, -0.2) is 4.79 Å². The van der Waals surface area contributed by atoms with Crippen LogP contribution in [0.15, 0.2) is 48.5 Å². The standard InChI is InChI=1S/C29H31NO4.2C3H8/c1-6-30(7-2)25-17-27-24(15-20(25)5)28(23-14-18(3)19(4)16-26(23)34-27)21-10-8-9-11-22(21)29(32)33-13-12-31;2*1-3-2/h8-11,14-17,31H,4,6-7,12-13H2,1-3,5H3;2*3H2,1-2H3. The third-order valence-electron chi connectivity index (χ3n) is 6.34. The number of rotatable bonds is 7. The Labute approximate surface area is 240 Å². The van der Waals surface area contributed by atoms with Crippen molar-refractivity contribution in [1.82, 2.24) is 0 Å². The summed E-state index contributed by atoms with van der Waals surface area (Å²) in [6.07, 6.45) is 2.50. The molecule has 5 nitrogen and oxygen atoms in total. The van der Waals surface area contributed by atoms with Gasteiger partial charge in [-0.2, -0.15) is 0 Å². The average molecular weight is 546 g/mol. The largest absolute Gasteiger partial charge is 0.460 e. The lowest BCUT2D eigenvalue weighted by atomic mass is 9.88. The van der Waals surface area contributed by atoms with Crippen LogP contribution in [-0.2, 0) is 4.74 Å². The quantitative estimate of drug-likeness (QED) is 0.256. The zero-order valence-electron chi connectivity index (χ0n) is 25.7. The Bertz CT molecular complexity index is 1390. The molecule has 0 aromatic heterocycles. The van der Waals surface area contributed by atoms with Crippen molar-refractivity contribution in [3.63, 3.8) is 0 Å². The Morgan fingerprint density at radius 3 is 2.10 bits per heavy atom. The van der Waals surface area contributed by atoms with E-state index in [-0.39, 0.29) is 13.2 Å². The molecule has 0 unspecified atom stereocenters. The number of aryl methyl sites for hydroxylation is 2. The van der Waals surface area contributed by atoms with E-state index in [0.29, 0.717) is 11.3 Å². The van der Waals surface area contributed by atoms with E-state index in [1.807, 2.05) is 31.2 Å². The maximum atomic E-state index is 12.9. The molecule has 1 N–H and O–H groups in total. The maximum Gasteiger partial charge on any atom is 0.338 e. The molecule has 216 valence electrons. The second-order valence-electron chi connectivity index (χ2n) is 9.88. The van der Waals surface area contributed by atoms with Gasteiger partial charge in [-0.1, -0.05) is 65.3 Å². The Morgan fingerprint density at radius 1 is 0.875 bits per heavy atom. The SMILES string of the molecule is C=c1cc2c(cc1C)=C(c1ccccc1C(=O)OCCO)c1cc(C)c(N(CC)CC)cc1O2.CCC.CCC. The van der Waals surface area contributed by atoms with Gasteiger partial charge in [0, 0.05) is 41.2 Å². The van der Waals surface area contributed by atoms with Gasteiger partial charge in [0.05, 0.1) is 12.2 Å². The van der Waals surface area contributed by atoms with Crippen molar-refractivity contribution in [2.75, 3.05) is 31.2 Å². The highest BCUT2D eigenvalue weighted by atomic mass is 16.5. The molecule has 3 aromatic carbocycles. The summed E-state index contributed by atoms with van der Waals surface area (Å²) in [5, 5.41) is 10.9. The predicted octanol–water partition coefficient (Wildman–Crippen LogP) is 6.89. The van der Waals surface area contributed by atoms with Crippen LogP contribution in [0.4, 0.5) is 5.69 Å². The molecule has 0 bridgehead atoms. The van der Waals surface area contributed by atoms with Crippen LogP contribution in [0.25, 0.3) is 12.2 Å². The molecule has 0 aliphatic carbocycles. The number of benzene rings is 3. The number of esters is 1. The van der Waals surface area contributed by atoms with E-state index < -0.39 is 5.97 Å². The normalized spacial score (nSPS) is 11.1. The fourth-order valence-electron chi connectivity index (χ4n) is 4.52. The van der Waals surface area contributed by atoms with Gasteiger partial charge in [0.25, 0.3) is 0 Å². The van der Waals surface area contributed by atoms with Gasteiger partial charge in [-0.15, -0.1) is 0 Å². The van der Waals surface area contributed by atoms with E-state index in [1.54, 1.807) is 6.07 Å². The van der Waals surface area contributed by atoms with Gasteiger partial charge >= 0.3 is 5.97 Å². The summed E-state index contributed by atoms with van der Waals surface area (Å²) in [7, 11) is 0. The highest BCUT2D eigenvalue weighted by Gasteiger charge is 2.26. The van der Waals surface area contributed by atoms with Crippen LogP contribution >= 0.6 is 0 Å². The first kappa shape index (κ1) is 32.6. The van der Waals surface area contributed by atoms with Crippen molar-refractivity contribution in [2.45, 2.75) is 68.2 Å². The first-order valence-corrected chi connectivity index (χ1v) is 14.5. The van der Waals surface area contributed by atoms with Gasteiger partial charge in [-0.05, 0) is 73.9 Å². The Kier molecular flexibility index (Phi) is 13.0. The molecule has 40 heavy (non-hydrogen) atoms. The summed E-state index contributed by atoms with van der Waals surface area (Å²) in [4.78, 5) is 15.2. The lowest BCUT2D eigenvalue weighted by Gasteiger charge is -2.28. The lowest BCUT2D eigenvalue weighted by Crippen LogP contribution is -2.25. The van der Waals surface area contributed by atoms with Gasteiger partial charge in [-0.3, -0.25) is 0 Å². The summed E-state index contributed by atoms with van der Waals surface area (Å²) in [6.45, 7) is 22.6. The van der Waals surface area contributed by atoms with Crippen LogP contribution in [0.5, 0.6) is 11.5 Å². The highest BCUT2D eigenvalue weighted by molar-refractivity contribution is 5.99. The van der Waals surface area contributed by atoms with Crippen LogP contribution in [0.1, 0.15) is 87.0 Å². The number of aliphatic hydroxyl groups is 1. The van der Waals surface area contributed by atoms with E-state index in [2.05, 4.69) is 78.1 Å². The van der Waals surface area contributed by atoms with Crippen molar-refractivity contribution in [3.05, 3.63) is 86.8 Å². The summed E-state index contributed by atoms with van der Waals surface area (Å²) in [5.41, 5.74) is 6.38. The number of anilines is 1. The maximum absolute atomic E-state index is 12.9. The van der Waals surface area contributed by atoms with Crippen molar-refractivity contribution in [1.29, 1.82) is 0 Å². The average Bonchev–Trinajstić information content (AvgIpc) is 2.93. The fraction of sp³-hybridized carbons (Fsp3) is 0.400. The molecule has 1 aliphatic rings. The molecule has 3 aromatic rings. The van der Waals surface area contributed by atoms with Gasteiger partial charge < -0.3 is 19.5 Å². The van der Waals surface area contributed by atoms with Crippen LogP contribution in [0.3, 0.4) is 0 Å². The summed E-state index contributed by atoms with van der Waals surface area (Å²) >= 11 is 0. The molecular weight excluding hydrogens is 498 g/mol. The number of ether oxygens (including phenoxy) is 2. The zero-order valence-corrected chi connectivity index (χ0v) is 25.7. The lowest BCUT2D eigenvalue weighted by molar-refractivity contribution is 0.0433. The number of fused-ring (bicyclic) bond motifs is 2. The molecule has 0 atom stereocenters. The number of hydrogen-bond acceptors (Lipinski definition) is 5. The number of aliphatic hydroxyl groups excluding tert-OH is 1. The van der Waals surface area contributed by atoms with E-state index in [9.17, 15) is 4.79 Å². The third-order valence-corrected chi connectivity index (χ3v) is 6.34. The minimum atomic E-state index is -0.464. The zero-order chi connectivity index (χ0) is 29.8. The van der Waals surface area contributed by atoms with Crippen LogP contribution in [0, 0.1) is 13.8 Å². The molecule has 1 aliphatic heterocycles. The van der Waals surface area contributed by atoms with Crippen LogP contribution in [0.2, 0.25) is 0 Å². The molecule has 0 spiro atoms. The number of nitrogens with zero attached hydrogens (tertiary/aromatic N) is 1. The van der Waals surface area contributed by atoms with E-state index in [1.165, 1.54) is 12.8 Å². The molecule has 0 fully saturated rings. The number of hydrogen-bond donors (Lipinski definition) is 1. The Morgan fingerprint density at radius 2 is 1.50 bits per heavy atom. The van der Waals surface area contributed by atoms with E-state index in [0.717, 1.165) is 62.8 Å². The number of carbonyl (C=O) groups is 1. The first-order chi connectivity index (χ1) is 19.2. The van der Waals surface area contributed by atoms with Crippen LogP contribution in [-0.4, -0.2) is 37.4 Å². The first-order valence-electron chi connectivity index (χ1n) is 14.5. The monoisotopic (exact) mass is 545 g/mol. The third kappa shape index (κ3) is 7.54. The smallest absolute Gasteiger partial charge is 0.338 e. The van der Waals surface area contributed by atoms with E-state index >= 15 is 0 Å². The van der Waals surface area contributed by atoms with Crippen molar-refractivity contribution in [2.24, 2.45) is 0 Å². The fourth-order valence-corrected chi connectivity index (χ4v) is 4.52. The Hall–Kier alpha value is -3.57. The molecule has 0 saturated carbocycles. The molecule has 0 radical (unpaired) electrons. The highest BCUT2D eigenvalue weighted by Crippen LogP contribution is 2.41. The molecule has 1 heterocycles.